The van der Waals surface area contributed by atoms with Gasteiger partial charge in [-0.15, -0.1) is 0 Å². The van der Waals surface area contributed by atoms with Gasteiger partial charge < -0.3 is 10.1 Å². The van der Waals surface area contributed by atoms with E-state index in [1.807, 2.05) is 63.2 Å². The number of pyridine rings is 1. The summed E-state index contributed by atoms with van der Waals surface area (Å²) in [6.45, 7) is 5.52. The zero-order valence-corrected chi connectivity index (χ0v) is 17.5. The van der Waals surface area contributed by atoms with Crippen molar-refractivity contribution in [3.05, 3.63) is 89.0 Å². The van der Waals surface area contributed by atoms with Crippen molar-refractivity contribution >= 4 is 11.8 Å². The van der Waals surface area contributed by atoms with Crippen molar-refractivity contribution in [1.29, 1.82) is 0 Å². The molecule has 2 aliphatic rings. The first-order valence-corrected chi connectivity index (χ1v) is 10.3. The maximum atomic E-state index is 13.4. The van der Waals surface area contributed by atoms with E-state index in [9.17, 15) is 9.59 Å². The normalized spacial score (nSPS) is 23.5. The third-order valence-corrected chi connectivity index (χ3v) is 5.70. The van der Waals surface area contributed by atoms with Crippen LogP contribution in [0.2, 0.25) is 0 Å². The molecule has 1 aliphatic carbocycles. The summed E-state index contributed by atoms with van der Waals surface area (Å²) >= 11 is 0. The molecule has 1 N–H and O–H groups in total. The predicted molar refractivity (Wildman–Crippen MR) is 114 cm³/mol. The maximum absolute atomic E-state index is 13.4. The Hall–Kier alpha value is -3.21. The first kappa shape index (κ1) is 20.1. The molecule has 0 saturated heterocycles. The maximum Gasteiger partial charge on any atom is 0.336 e. The average Bonchev–Trinajstić information content (AvgIpc) is 2.73. The van der Waals surface area contributed by atoms with E-state index in [1.165, 1.54) is 0 Å². The Labute approximate surface area is 176 Å². The van der Waals surface area contributed by atoms with Crippen LogP contribution in [0.25, 0.3) is 0 Å². The average molecular weight is 402 g/mol. The number of aromatic nitrogens is 1. The summed E-state index contributed by atoms with van der Waals surface area (Å²) in [6, 6.07) is 13.8. The Balaban J connectivity index is 1.81. The number of ketones is 1. The van der Waals surface area contributed by atoms with Crippen LogP contribution >= 0.6 is 0 Å². The monoisotopic (exact) mass is 402 g/mol. The molecule has 1 aromatic carbocycles. The summed E-state index contributed by atoms with van der Waals surface area (Å²) in [5.74, 6) is -1.12. The summed E-state index contributed by atoms with van der Waals surface area (Å²) in [4.78, 5) is 30.7. The molecule has 154 valence electrons. The van der Waals surface area contributed by atoms with Crippen LogP contribution in [-0.4, -0.2) is 22.8 Å². The number of ether oxygens (including phenoxy) is 1. The largest absolute Gasteiger partial charge is 0.460 e. The number of carbonyl (C=O) groups excluding carboxylic acids is 2. The molecule has 0 saturated carbocycles. The van der Waals surface area contributed by atoms with Gasteiger partial charge in [0.05, 0.1) is 17.6 Å². The van der Waals surface area contributed by atoms with Crippen LogP contribution < -0.4 is 5.32 Å². The molecule has 1 aromatic heterocycles. The van der Waals surface area contributed by atoms with Gasteiger partial charge in [-0.25, -0.2) is 4.79 Å². The number of allylic oxidation sites excluding steroid dienone is 3. The highest BCUT2D eigenvalue weighted by Crippen LogP contribution is 2.46. The van der Waals surface area contributed by atoms with E-state index in [1.54, 1.807) is 12.4 Å². The van der Waals surface area contributed by atoms with Crippen molar-refractivity contribution in [3.8, 4) is 0 Å². The molecular formula is C25H26N2O3. The van der Waals surface area contributed by atoms with Gasteiger partial charge in [0, 0.05) is 42.0 Å². The van der Waals surface area contributed by atoms with Gasteiger partial charge in [-0.1, -0.05) is 42.5 Å². The van der Waals surface area contributed by atoms with Gasteiger partial charge in [0.2, 0.25) is 0 Å². The minimum atomic E-state index is -0.451. The van der Waals surface area contributed by atoms with Crippen LogP contribution in [0, 0.1) is 5.92 Å². The standard InChI is InChI=1S/C25H26N2O3/c1-15(2)30-25(29)22-16(3)27-20-12-19(17-8-5-4-6-9-17)13-21(28)24(20)23(22)18-10-7-11-26-14-18/h4-12,14-15,19,23-24,27H,13H2,1-3H3. The lowest BCUT2D eigenvalue weighted by molar-refractivity contribution is -0.143. The lowest BCUT2D eigenvalue weighted by Crippen LogP contribution is -2.42. The molecule has 1 aliphatic heterocycles. The Morgan fingerprint density at radius 1 is 1.10 bits per heavy atom. The van der Waals surface area contributed by atoms with E-state index in [0.29, 0.717) is 12.0 Å². The van der Waals surface area contributed by atoms with Gasteiger partial charge in [0.15, 0.2) is 0 Å². The van der Waals surface area contributed by atoms with Gasteiger partial charge in [0.25, 0.3) is 0 Å². The lowest BCUT2D eigenvalue weighted by Gasteiger charge is -2.39. The second kappa shape index (κ2) is 8.27. The van der Waals surface area contributed by atoms with Crippen molar-refractivity contribution in [2.45, 2.75) is 45.1 Å². The zero-order chi connectivity index (χ0) is 21.3. The fourth-order valence-electron chi connectivity index (χ4n) is 4.46. The van der Waals surface area contributed by atoms with Gasteiger partial charge in [0.1, 0.15) is 5.78 Å². The lowest BCUT2D eigenvalue weighted by atomic mass is 9.69. The second-order valence-electron chi connectivity index (χ2n) is 8.17. The molecular weight excluding hydrogens is 376 g/mol. The number of nitrogens with zero attached hydrogens (tertiary/aromatic N) is 1. The number of Topliss-reactive ketones (excluding diaryl/α,β-unsaturated/α-hetero) is 1. The number of hydrogen-bond acceptors (Lipinski definition) is 5. The second-order valence-corrected chi connectivity index (χ2v) is 8.17. The Morgan fingerprint density at radius 3 is 2.50 bits per heavy atom. The Bertz CT molecular complexity index is 1010. The first-order chi connectivity index (χ1) is 14.5. The topological polar surface area (TPSA) is 68.3 Å². The van der Waals surface area contributed by atoms with E-state index >= 15 is 0 Å². The Kier molecular flexibility index (Phi) is 5.53. The number of fused-ring (bicyclic) bond motifs is 1. The molecule has 0 fully saturated rings. The van der Waals surface area contributed by atoms with Crippen molar-refractivity contribution in [3.63, 3.8) is 0 Å². The molecule has 0 bridgehead atoms. The highest BCUT2D eigenvalue weighted by atomic mass is 16.5. The number of benzene rings is 1. The molecule has 0 spiro atoms. The minimum Gasteiger partial charge on any atom is -0.460 e. The van der Waals surface area contributed by atoms with E-state index in [0.717, 1.165) is 22.5 Å². The van der Waals surface area contributed by atoms with Crippen molar-refractivity contribution < 1.29 is 14.3 Å². The third-order valence-electron chi connectivity index (χ3n) is 5.70. The highest BCUT2D eigenvalue weighted by molar-refractivity contribution is 5.96. The summed E-state index contributed by atoms with van der Waals surface area (Å²) in [7, 11) is 0. The van der Waals surface area contributed by atoms with E-state index < -0.39 is 11.8 Å². The molecule has 3 unspecified atom stereocenters. The van der Waals surface area contributed by atoms with Crippen LogP contribution in [0.5, 0.6) is 0 Å². The van der Waals surface area contributed by atoms with Crippen LogP contribution in [0.1, 0.15) is 50.2 Å². The Morgan fingerprint density at radius 2 is 1.83 bits per heavy atom. The molecule has 2 heterocycles. The molecule has 4 rings (SSSR count). The molecule has 2 aromatic rings. The van der Waals surface area contributed by atoms with Gasteiger partial charge in [-0.3, -0.25) is 9.78 Å². The third kappa shape index (κ3) is 3.80. The summed E-state index contributed by atoms with van der Waals surface area (Å²) in [6.07, 6.45) is 5.73. The summed E-state index contributed by atoms with van der Waals surface area (Å²) in [5, 5.41) is 3.35. The summed E-state index contributed by atoms with van der Waals surface area (Å²) in [5.41, 5.74) is 4.04. The molecule has 0 radical (unpaired) electrons. The van der Waals surface area contributed by atoms with E-state index in [-0.39, 0.29) is 23.8 Å². The molecule has 30 heavy (non-hydrogen) atoms. The van der Waals surface area contributed by atoms with E-state index in [4.69, 9.17) is 4.74 Å². The van der Waals surface area contributed by atoms with Crippen LogP contribution in [0.15, 0.2) is 77.9 Å². The molecule has 3 atom stereocenters. The smallest absolute Gasteiger partial charge is 0.336 e. The summed E-state index contributed by atoms with van der Waals surface area (Å²) < 4.78 is 5.53. The van der Waals surface area contributed by atoms with Gasteiger partial charge in [-0.05, 0) is 38.0 Å². The van der Waals surface area contributed by atoms with Crippen molar-refractivity contribution in [2.24, 2.45) is 5.92 Å². The first-order valence-electron chi connectivity index (χ1n) is 10.3. The SMILES string of the molecule is CC1=C(C(=O)OC(C)C)C(c2cccnc2)C2C(=O)CC(c3ccccc3)C=C2N1. The van der Waals surface area contributed by atoms with Crippen LogP contribution in [0.3, 0.4) is 0 Å². The van der Waals surface area contributed by atoms with Crippen LogP contribution in [-0.2, 0) is 14.3 Å². The zero-order valence-electron chi connectivity index (χ0n) is 17.5. The van der Waals surface area contributed by atoms with Crippen molar-refractivity contribution in [2.75, 3.05) is 0 Å². The number of hydrogen-bond donors (Lipinski definition) is 1. The quantitative estimate of drug-likeness (QED) is 0.775. The van der Waals surface area contributed by atoms with Gasteiger partial charge in [-0.2, -0.15) is 0 Å². The predicted octanol–water partition coefficient (Wildman–Crippen LogP) is 4.25. The van der Waals surface area contributed by atoms with Gasteiger partial charge >= 0.3 is 5.97 Å². The van der Waals surface area contributed by atoms with Crippen molar-refractivity contribution in [1.82, 2.24) is 10.3 Å². The molecule has 0 amide bonds. The fourth-order valence-corrected chi connectivity index (χ4v) is 4.46. The highest BCUT2D eigenvalue weighted by Gasteiger charge is 2.45. The number of esters is 1. The molecule has 5 nitrogen and oxygen atoms in total. The number of nitrogens with one attached hydrogen (secondary N) is 1. The van der Waals surface area contributed by atoms with Crippen LogP contribution in [0.4, 0.5) is 0 Å². The van der Waals surface area contributed by atoms with E-state index in [2.05, 4.69) is 16.4 Å². The number of rotatable bonds is 4. The fraction of sp³-hybridized carbons (Fsp3) is 0.320. The minimum absolute atomic E-state index is 0.0176. The number of carbonyl (C=O) groups is 2. The molecule has 5 heteroatoms.